The van der Waals surface area contributed by atoms with Crippen molar-refractivity contribution in [3.63, 3.8) is 0 Å². The summed E-state index contributed by atoms with van der Waals surface area (Å²) in [5, 5.41) is 4.05. The Hall–Kier alpha value is -1.61. The summed E-state index contributed by atoms with van der Waals surface area (Å²) in [5.74, 6) is 0. The van der Waals surface area contributed by atoms with Crippen LogP contribution in [0.1, 0.15) is 10.4 Å². The second-order valence-electron chi connectivity index (χ2n) is 2.97. The van der Waals surface area contributed by atoms with E-state index in [2.05, 4.69) is 0 Å². The van der Waals surface area contributed by atoms with Crippen LogP contribution >= 0.6 is 11.3 Å². The lowest BCUT2D eigenvalue weighted by atomic mass is 10.1. The first-order valence-corrected chi connectivity index (χ1v) is 5.13. The fourth-order valence-electron chi connectivity index (χ4n) is 1.29. The van der Waals surface area contributed by atoms with Crippen LogP contribution in [0, 0.1) is 0 Å². The van der Waals surface area contributed by atoms with Crippen LogP contribution in [0.15, 0.2) is 35.0 Å². The van der Waals surface area contributed by atoms with Crippen molar-refractivity contribution < 1.29 is 4.79 Å². The molecular formula is C11H9NOS. The molecule has 0 bridgehead atoms. The number of aldehydes is 1. The zero-order valence-electron chi connectivity index (χ0n) is 7.44. The number of thiophene rings is 1. The van der Waals surface area contributed by atoms with E-state index in [9.17, 15) is 4.79 Å². The Morgan fingerprint density at radius 1 is 1.21 bits per heavy atom. The van der Waals surface area contributed by atoms with E-state index < -0.39 is 0 Å². The number of hydrogen-bond donors (Lipinski definition) is 1. The van der Waals surface area contributed by atoms with Gasteiger partial charge in [0.1, 0.15) is 0 Å². The molecule has 3 heteroatoms. The maximum Gasteiger partial charge on any atom is 0.152 e. The van der Waals surface area contributed by atoms with Gasteiger partial charge in [-0.2, -0.15) is 11.3 Å². The number of nitrogen functional groups attached to an aromatic ring is 1. The fraction of sp³-hybridized carbons (Fsp3) is 0. The molecule has 0 fully saturated rings. The minimum absolute atomic E-state index is 0.527. The average Bonchev–Trinajstić information content (AvgIpc) is 2.71. The molecule has 2 aromatic rings. The maximum absolute atomic E-state index is 10.7. The molecule has 2 rings (SSSR count). The maximum atomic E-state index is 10.7. The van der Waals surface area contributed by atoms with Gasteiger partial charge in [-0.3, -0.25) is 4.79 Å². The monoisotopic (exact) mass is 203 g/mol. The van der Waals surface area contributed by atoms with Gasteiger partial charge < -0.3 is 5.73 Å². The lowest BCUT2D eigenvalue weighted by Gasteiger charge is -2.01. The lowest BCUT2D eigenvalue weighted by molar-refractivity contribution is 0.112. The molecule has 1 aromatic carbocycles. The second-order valence-corrected chi connectivity index (χ2v) is 3.75. The minimum atomic E-state index is 0.527. The number of benzene rings is 1. The highest BCUT2D eigenvalue weighted by atomic mass is 32.1. The van der Waals surface area contributed by atoms with Crippen molar-refractivity contribution in [3.8, 4) is 11.1 Å². The number of anilines is 1. The van der Waals surface area contributed by atoms with Gasteiger partial charge in [0.05, 0.1) is 0 Å². The fourth-order valence-corrected chi connectivity index (χ4v) is 1.95. The Kier molecular flexibility index (Phi) is 2.33. The summed E-state index contributed by atoms with van der Waals surface area (Å²) < 4.78 is 0. The highest BCUT2D eigenvalue weighted by molar-refractivity contribution is 7.08. The van der Waals surface area contributed by atoms with Gasteiger partial charge in [0.25, 0.3) is 0 Å². The van der Waals surface area contributed by atoms with E-state index in [1.54, 1.807) is 17.4 Å². The van der Waals surface area contributed by atoms with Crippen molar-refractivity contribution in [2.45, 2.75) is 0 Å². The van der Waals surface area contributed by atoms with Crippen LogP contribution in [0.4, 0.5) is 5.69 Å². The Morgan fingerprint density at radius 2 is 2.07 bits per heavy atom. The molecule has 0 aliphatic carbocycles. The summed E-state index contributed by atoms with van der Waals surface area (Å²) >= 11 is 1.63. The molecule has 0 saturated heterocycles. The van der Waals surface area contributed by atoms with E-state index in [1.807, 2.05) is 29.0 Å². The standard InChI is InChI=1S/C11H9NOS/c12-11-2-1-8(5-10(11)6-13)9-3-4-14-7-9/h1-7H,12H2. The Labute approximate surface area is 86.0 Å². The molecule has 1 aromatic heterocycles. The van der Waals surface area contributed by atoms with E-state index in [0.29, 0.717) is 11.3 Å². The average molecular weight is 203 g/mol. The topological polar surface area (TPSA) is 43.1 Å². The van der Waals surface area contributed by atoms with Gasteiger partial charge >= 0.3 is 0 Å². The van der Waals surface area contributed by atoms with Gasteiger partial charge in [0.2, 0.25) is 0 Å². The summed E-state index contributed by atoms with van der Waals surface area (Å²) in [6, 6.07) is 7.51. The van der Waals surface area contributed by atoms with E-state index in [-0.39, 0.29) is 0 Å². The summed E-state index contributed by atoms with van der Waals surface area (Å²) in [6.45, 7) is 0. The predicted octanol–water partition coefficient (Wildman–Crippen LogP) is 2.81. The minimum Gasteiger partial charge on any atom is -0.398 e. The normalized spacial score (nSPS) is 10.0. The van der Waals surface area contributed by atoms with Crippen LogP contribution in [0.25, 0.3) is 11.1 Å². The molecule has 0 atom stereocenters. The summed E-state index contributed by atoms with van der Waals surface area (Å²) in [7, 11) is 0. The third-order valence-corrected chi connectivity index (χ3v) is 2.75. The molecule has 0 amide bonds. The van der Waals surface area contributed by atoms with Crippen molar-refractivity contribution in [3.05, 3.63) is 40.6 Å². The predicted molar refractivity (Wildman–Crippen MR) is 59.6 cm³/mol. The quantitative estimate of drug-likeness (QED) is 0.602. The molecule has 14 heavy (non-hydrogen) atoms. The largest absolute Gasteiger partial charge is 0.398 e. The summed E-state index contributed by atoms with van der Waals surface area (Å²) in [4.78, 5) is 10.7. The van der Waals surface area contributed by atoms with E-state index >= 15 is 0 Å². The van der Waals surface area contributed by atoms with Crippen molar-refractivity contribution in [1.82, 2.24) is 0 Å². The molecule has 0 radical (unpaired) electrons. The first kappa shape index (κ1) is 8.97. The molecule has 2 N–H and O–H groups in total. The van der Waals surface area contributed by atoms with Crippen molar-refractivity contribution >= 4 is 23.3 Å². The van der Waals surface area contributed by atoms with Gasteiger partial charge in [-0.1, -0.05) is 6.07 Å². The lowest BCUT2D eigenvalue weighted by Crippen LogP contribution is -1.92. The van der Waals surface area contributed by atoms with Gasteiger partial charge in [-0.05, 0) is 40.1 Å². The number of carbonyl (C=O) groups excluding carboxylic acids is 1. The summed E-state index contributed by atoms with van der Waals surface area (Å²) in [5.41, 5.74) is 8.85. The molecule has 0 spiro atoms. The molecule has 0 aliphatic rings. The van der Waals surface area contributed by atoms with Crippen LogP contribution in [0.2, 0.25) is 0 Å². The molecular weight excluding hydrogens is 194 g/mol. The molecule has 0 unspecified atom stereocenters. The Balaban J connectivity index is 2.51. The van der Waals surface area contributed by atoms with Gasteiger partial charge in [-0.25, -0.2) is 0 Å². The van der Waals surface area contributed by atoms with Gasteiger partial charge in [-0.15, -0.1) is 0 Å². The SMILES string of the molecule is Nc1ccc(-c2ccsc2)cc1C=O. The molecule has 0 saturated carbocycles. The Morgan fingerprint density at radius 3 is 2.71 bits per heavy atom. The van der Waals surface area contributed by atoms with Gasteiger partial charge in [0, 0.05) is 11.3 Å². The van der Waals surface area contributed by atoms with Crippen LogP contribution < -0.4 is 5.73 Å². The highest BCUT2D eigenvalue weighted by Crippen LogP contribution is 2.24. The van der Waals surface area contributed by atoms with E-state index in [4.69, 9.17) is 5.73 Å². The third kappa shape index (κ3) is 1.54. The van der Waals surface area contributed by atoms with Crippen LogP contribution in [-0.2, 0) is 0 Å². The van der Waals surface area contributed by atoms with Crippen LogP contribution in [0.3, 0.4) is 0 Å². The third-order valence-electron chi connectivity index (χ3n) is 2.07. The molecule has 1 heterocycles. The number of rotatable bonds is 2. The first-order chi connectivity index (χ1) is 6.81. The van der Waals surface area contributed by atoms with Gasteiger partial charge in [0.15, 0.2) is 6.29 Å². The first-order valence-electron chi connectivity index (χ1n) is 4.18. The van der Waals surface area contributed by atoms with Crippen LogP contribution in [-0.4, -0.2) is 6.29 Å². The van der Waals surface area contributed by atoms with Crippen molar-refractivity contribution in [2.24, 2.45) is 0 Å². The smallest absolute Gasteiger partial charge is 0.152 e. The van der Waals surface area contributed by atoms with Crippen molar-refractivity contribution in [2.75, 3.05) is 5.73 Å². The number of nitrogens with two attached hydrogens (primary N) is 1. The highest BCUT2D eigenvalue weighted by Gasteiger charge is 2.02. The van der Waals surface area contributed by atoms with Crippen LogP contribution in [0.5, 0.6) is 0 Å². The molecule has 2 nitrogen and oxygen atoms in total. The van der Waals surface area contributed by atoms with E-state index in [1.165, 1.54) is 0 Å². The zero-order chi connectivity index (χ0) is 9.97. The Bertz CT molecular complexity index is 448. The summed E-state index contributed by atoms with van der Waals surface area (Å²) in [6.07, 6.45) is 0.783. The van der Waals surface area contributed by atoms with E-state index in [0.717, 1.165) is 17.4 Å². The van der Waals surface area contributed by atoms with Crippen molar-refractivity contribution in [1.29, 1.82) is 0 Å². The second kappa shape index (κ2) is 3.64. The molecule has 70 valence electrons. The molecule has 0 aliphatic heterocycles. The zero-order valence-corrected chi connectivity index (χ0v) is 8.25. The number of carbonyl (C=O) groups is 1. The number of hydrogen-bond acceptors (Lipinski definition) is 3.